The minimum absolute atomic E-state index is 0.744. The van der Waals surface area contributed by atoms with Crippen molar-refractivity contribution in [1.29, 1.82) is 0 Å². The Bertz CT molecular complexity index is 165. The molecule has 0 heterocycles. The van der Waals surface area contributed by atoms with Crippen molar-refractivity contribution in [3.8, 4) is 0 Å². The van der Waals surface area contributed by atoms with Gasteiger partial charge in [0.05, 0.1) is 21.0 Å². The Balaban J connectivity index is 3.71. The summed E-state index contributed by atoms with van der Waals surface area (Å²) in [4.78, 5) is 19.7. The smallest absolute Gasteiger partial charge is 0.106 e. The first-order valence-electron chi connectivity index (χ1n) is 3.00. The van der Waals surface area contributed by atoms with Crippen LogP contribution >= 0.6 is 7.82 Å². The Morgan fingerprint density at radius 2 is 1.83 bits per heavy atom. The fourth-order valence-corrected chi connectivity index (χ4v) is 0.736. The van der Waals surface area contributed by atoms with E-state index in [-0.39, 0.29) is 0 Å². The quantitative estimate of drug-likeness (QED) is 0.393. The van der Waals surface area contributed by atoms with E-state index in [0.717, 1.165) is 0 Å². The Labute approximate surface area is 68.5 Å². The maximum atomic E-state index is 9.84. The summed E-state index contributed by atoms with van der Waals surface area (Å²) >= 11 is 0. The first kappa shape index (κ1) is 12.0. The number of phosphoric acid groups is 1. The minimum atomic E-state index is -5.12. The van der Waals surface area contributed by atoms with Gasteiger partial charge in [-0.05, 0) is 0 Å². The summed E-state index contributed by atoms with van der Waals surface area (Å²) < 4.78 is 13.5. The molecule has 0 aliphatic rings. The van der Waals surface area contributed by atoms with Crippen LogP contribution in [0.2, 0.25) is 0 Å². The monoisotopic (exact) mass is 200 g/mol. The highest BCUT2D eigenvalue weighted by atomic mass is 31.2. The second kappa shape index (κ2) is 4.88. The molecule has 12 heavy (non-hydrogen) atoms. The van der Waals surface area contributed by atoms with Crippen molar-refractivity contribution < 1.29 is 34.2 Å². The third-order valence-corrected chi connectivity index (χ3v) is 1.50. The van der Waals surface area contributed by atoms with Gasteiger partial charge in [0.1, 0.15) is 12.2 Å². The lowest BCUT2D eigenvalue weighted by molar-refractivity contribution is -0.343. The molecule has 0 spiro atoms. The van der Waals surface area contributed by atoms with E-state index in [4.69, 9.17) is 15.3 Å². The molecule has 0 aliphatic heterocycles. The average Bonchev–Trinajstić information content (AvgIpc) is 1.97. The molecule has 2 atom stereocenters. The maximum Gasteiger partial charge on any atom is 0.106 e. The number of hydrogen-bond acceptors (Lipinski definition) is 7. The molecule has 8 heteroatoms. The van der Waals surface area contributed by atoms with Crippen LogP contribution in [-0.2, 0) is 9.09 Å². The van der Waals surface area contributed by atoms with E-state index in [1.807, 2.05) is 0 Å². The maximum absolute atomic E-state index is 9.84. The van der Waals surface area contributed by atoms with E-state index in [1.165, 1.54) is 0 Å². The summed E-state index contributed by atoms with van der Waals surface area (Å²) in [5, 5.41) is 25.6. The fraction of sp³-hybridized carbons (Fsp3) is 1.00. The molecule has 0 saturated heterocycles. The van der Waals surface area contributed by atoms with Crippen LogP contribution in [0.4, 0.5) is 0 Å². The zero-order chi connectivity index (χ0) is 9.78. The van der Waals surface area contributed by atoms with Crippen LogP contribution in [-0.4, -0.2) is 40.7 Å². The predicted molar refractivity (Wildman–Crippen MR) is 32.7 cm³/mol. The summed E-state index contributed by atoms with van der Waals surface area (Å²) in [6.45, 7) is -1.60. The number of aliphatic hydroxyl groups is 3. The lowest BCUT2D eigenvalue weighted by Gasteiger charge is -2.30. The van der Waals surface area contributed by atoms with Crippen molar-refractivity contribution >= 4 is 7.82 Å². The Kier molecular flexibility index (Phi) is 4.88. The Morgan fingerprint density at radius 3 is 2.17 bits per heavy atom. The van der Waals surface area contributed by atoms with Gasteiger partial charge in [-0.3, -0.25) is 0 Å². The molecule has 7 nitrogen and oxygen atoms in total. The van der Waals surface area contributed by atoms with Gasteiger partial charge in [0, 0.05) is 0 Å². The molecule has 0 aromatic carbocycles. The van der Waals surface area contributed by atoms with Crippen LogP contribution in [0.15, 0.2) is 0 Å². The van der Waals surface area contributed by atoms with Gasteiger partial charge >= 0.3 is 0 Å². The highest BCUT2D eigenvalue weighted by molar-refractivity contribution is 7.43. The SMILES string of the molecule is O=P([O-])([O-])OC[C@H](O)[C@H](O)CO. The van der Waals surface area contributed by atoms with Gasteiger partial charge in [-0.15, -0.1) is 0 Å². The van der Waals surface area contributed by atoms with E-state index in [1.54, 1.807) is 0 Å². The standard InChI is InChI=1S/C4H11O7P/c5-1-3(6)4(7)2-11-12(8,9)10/h3-7H,1-2H2,(H2,8,9,10)/p-2/t3-,4+/m1/s1. The van der Waals surface area contributed by atoms with Crippen molar-refractivity contribution in [3.63, 3.8) is 0 Å². The van der Waals surface area contributed by atoms with Crippen LogP contribution in [0.5, 0.6) is 0 Å². The molecular formula is C4H9O7P-2. The third-order valence-electron chi connectivity index (χ3n) is 1.03. The lowest BCUT2D eigenvalue weighted by Crippen LogP contribution is -2.34. The van der Waals surface area contributed by atoms with Crippen molar-refractivity contribution in [2.24, 2.45) is 0 Å². The van der Waals surface area contributed by atoms with Gasteiger partial charge in [-0.1, -0.05) is 0 Å². The molecule has 0 aromatic heterocycles. The number of rotatable bonds is 5. The lowest BCUT2D eigenvalue weighted by atomic mass is 10.2. The van der Waals surface area contributed by atoms with Crippen LogP contribution in [0, 0.1) is 0 Å². The van der Waals surface area contributed by atoms with Gasteiger partial charge in [0.15, 0.2) is 0 Å². The zero-order valence-electron chi connectivity index (χ0n) is 5.99. The van der Waals surface area contributed by atoms with E-state index < -0.39 is 33.2 Å². The van der Waals surface area contributed by atoms with Gasteiger partial charge in [-0.2, -0.15) is 0 Å². The summed E-state index contributed by atoms with van der Waals surface area (Å²) in [5.41, 5.74) is 0. The molecule has 0 fully saturated rings. The van der Waals surface area contributed by atoms with Crippen LogP contribution in [0.1, 0.15) is 0 Å². The zero-order valence-corrected chi connectivity index (χ0v) is 6.89. The van der Waals surface area contributed by atoms with E-state index in [2.05, 4.69) is 4.52 Å². The van der Waals surface area contributed by atoms with Crippen molar-refractivity contribution in [3.05, 3.63) is 0 Å². The second-order valence-electron chi connectivity index (χ2n) is 2.06. The largest absolute Gasteiger partial charge is 0.790 e. The molecule has 0 saturated carbocycles. The first-order valence-corrected chi connectivity index (χ1v) is 4.46. The average molecular weight is 200 g/mol. The number of aliphatic hydroxyl groups excluding tert-OH is 3. The molecule has 0 bridgehead atoms. The minimum Gasteiger partial charge on any atom is -0.790 e. The molecule has 74 valence electrons. The number of hydrogen-bond donors (Lipinski definition) is 3. The normalized spacial score (nSPS) is 17.4. The van der Waals surface area contributed by atoms with Crippen LogP contribution in [0.25, 0.3) is 0 Å². The number of phosphoric ester groups is 1. The molecule has 0 radical (unpaired) electrons. The summed E-state index contributed by atoms with van der Waals surface area (Å²) in [6.07, 6.45) is -3.11. The Hall–Kier alpha value is -0.0100. The molecule has 0 unspecified atom stereocenters. The third kappa shape index (κ3) is 5.62. The van der Waals surface area contributed by atoms with Gasteiger partial charge < -0.3 is 34.2 Å². The van der Waals surface area contributed by atoms with Gasteiger partial charge in [0.2, 0.25) is 0 Å². The first-order chi connectivity index (χ1) is 5.37. The molecule has 0 amide bonds. The van der Waals surface area contributed by atoms with Crippen LogP contribution < -0.4 is 9.79 Å². The van der Waals surface area contributed by atoms with Gasteiger partial charge in [-0.25, -0.2) is 0 Å². The highest BCUT2D eigenvalue weighted by Gasteiger charge is 2.15. The second-order valence-corrected chi connectivity index (χ2v) is 3.21. The molecule has 0 aliphatic carbocycles. The topological polar surface area (TPSA) is 133 Å². The van der Waals surface area contributed by atoms with E-state index in [0.29, 0.717) is 0 Å². The molecular weight excluding hydrogens is 191 g/mol. The Morgan fingerprint density at radius 1 is 1.33 bits per heavy atom. The van der Waals surface area contributed by atoms with Crippen molar-refractivity contribution in [2.45, 2.75) is 12.2 Å². The molecule has 0 aromatic rings. The predicted octanol–water partition coefficient (Wildman–Crippen LogP) is -3.45. The van der Waals surface area contributed by atoms with Crippen molar-refractivity contribution in [1.82, 2.24) is 0 Å². The highest BCUT2D eigenvalue weighted by Crippen LogP contribution is 2.24. The molecule has 3 N–H and O–H groups in total. The van der Waals surface area contributed by atoms with E-state index in [9.17, 15) is 14.4 Å². The molecule has 0 rings (SSSR count). The summed E-state index contributed by atoms with van der Waals surface area (Å²) in [7, 11) is -5.12. The summed E-state index contributed by atoms with van der Waals surface area (Å²) in [6, 6.07) is 0. The van der Waals surface area contributed by atoms with Crippen molar-refractivity contribution in [2.75, 3.05) is 13.2 Å². The van der Waals surface area contributed by atoms with E-state index >= 15 is 0 Å². The van der Waals surface area contributed by atoms with Crippen LogP contribution in [0.3, 0.4) is 0 Å². The van der Waals surface area contributed by atoms with Gasteiger partial charge in [0.25, 0.3) is 0 Å². The summed E-state index contributed by atoms with van der Waals surface area (Å²) in [5.74, 6) is 0. The fourth-order valence-electron chi connectivity index (χ4n) is 0.400.